The van der Waals surface area contributed by atoms with Crippen LogP contribution in [-0.4, -0.2) is 35.7 Å². The average Bonchev–Trinajstić information content (AvgIpc) is 2.96. The minimum atomic E-state index is -0.569. The summed E-state index contributed by atoms with van der Waals surface area (Å²) >= 11 is 0. The van der Waals surface area contributed by atoms with Gasteiger partial charge >= 0.3 is 11.9 Å². The monoisotopic (exact) mass is 430 g/mol. The number of esters is 2. The number of rotatable bonds is 3. The summed E-state index contributed by atoms with van der Waals surface area (Å²) in [7, 11) is 0. The summed E-state index contributed by atoms with van der Waals surface area (Å²) in [5.41, 5.74) is 0.507. The Morgan fingerprint density at radius 1 is 1.00 bits per heavy atom. The van der Waals surface area contributed by atoms with Gasteiger partial charge in [-0.3, -0.25) is 19.2 Å². The van der Waals surface area contributed by atoms with Crippen molar-refractivity contribution in [2.45, 2.75) is 85.4 Å². The molecule has 3 fully saturated rings. The van der Waals surface area contributed by atoms with Gasteiger partial charge in [0.2, 0.25) is 0 Å². The summed E-state index contributed by atoms with van der Waals surface area (Å²) < 4.78 is 11.7. The minimum Gasteiger partial charge on any atom is -0.462 e. The molecule has 0 spiro atoms. The molecule has 4 aliphatic carbocycles. The number of ether oxygens (including phenoxy) is 2. The van der Waals surface area contributed by atoms with Gasteiger partial charge in [-0.2, -0.15) is 0 Å². The fourth-order valence-corrected chi connectivity index (χ4v) is 7.86. The molecule has 0 bridgehead atoms. The van der Waals surface area contributed by atoms with Crippen LogP contribution in [0.2, 0.25) is 0 Å². The van der Waals surface area contributed by atoms with E-state index in [9.17, 15) is 19.2 Å². The zero-order valence-electron chi connectivity index (χ0n) is 19.2. The summed E-state index contributed by atoms with van der Waals surface area (Å²) in [5.74, 6) is -0.338. The van der Waals surface area contributed by atoms with Crippen molar-refractivity contribution in [3.8, 4) is 0 Å². The predicted molar refractivity (Wildman–Crippen MR) is 113 cm³/mol. The number of hydrogen-bond acceptors (Lipinski definition) is 6. The molecule has 0 saturated heterocycles. The Balaban J connectivity index is 1.82. The first kappa shape index (κ1) is 22.2. The van der Waals surface area contributed by atoms with Crippen molar-refractivity contribution in [3.63, 3.8) is 0 Å². The smallest absolute Gasteiger partial charge is 0.302 e. The van der Waals surface area contributed by atoms with Crippen LogP contribution in [0.15, 0.2) is 11.6 Å². The van der Waals surface area contributed by atoms with E-state index in [1.807, 2.05) is 6.08 Å². The fourth-order valence-electron chi connectivity index (χ4n) is 7.86. The van der Waals surface area contributed by atoms with Crippen LogP contribution in [0.25, 0.3) is 0 Å². The lowest BCUT2D eigenvalue weighted by Crippen LogP contribution is -2.59. The molecule has 0 N–H and O–H groups in total. The van der Waals surface area contributed by atoms with E-state index in [1.165, 1.54) is 19.4 Å². The lowest BCUT2D eigenvalue weighted by molar-refractivity contribution is -0.189. The van der Waals surface area contributed by atoms with E-state index >= 15 is 0 Å². The highest BCUT2D eigenvalue weighted by Crippen LogP contribution is 2.67. The maximum atomic E-state index is 12.7. The van der Waals surface area contributed by atoms with Crippen molar-refractivity contribution in [3.05, 3.63) is 11.6 Å². The van der Waals surface area contributed by atoms with Crippen LogP contribution in [0, 0.1) is 34.5 Å². The van der Waals surface area contributed by atoms with Gasteiger partial charge in [0, 0.05) is 37.5 Å². The van der Waals surface area contributed by atoms with Crippen LogP contribution in [-0.2, 0) is 28.7 Å². The van der Waals surface area contributed by atoms with Gasteiger partial charge in [0.1, 0.15) is 18.0 Å². The number of Topliss-reactive ketones (excluding diaryl/α,β-unsaturated/α-hetero) is 1. The van der Waals surface area contributed by atoms with Crippen molar-refractivity contribution < 1.29 is 28.7 Å². The van der Waals surface area contributed by atoms with E-state index in [-0.39, 0.29) is 58.7 Å². The Kier molecular flexibility index (Phi) is 5.42. The molecule has 0 aromatic rings. The van der Waals surface area contributed by atoms with Crippen LogP contribution in [0.1, 0.15) is 73.1 Å². The van der Waals surface area contributed by atoms with Crippen molar-refractivity contribution in [2.24, 2.45) is 34.5 Å². The SMILES string of the molecule is CC(=O)OC1C[C@H](C(C)=O)[C@@]2(C)C(OC(C)=O)C[C@H]3[C@@H](CCC4=CC(=O)CC[C@@]43C)[C@H]12. The molecule has 2 unspecified atom stereocenters. The molecule has 6 heteroatoms. The highest BCUT2D eigenvalue weighted by Gasteiger charge is 2.68. The largest absolute Gasteiger partial charge is 0.462 e. The Morgan fingerprint density at radius 2 is 1.68 bits per heavy atom. The first-order chi connectivity index (χ1) is 14.5. The van der Waals surface area contributed by atoms with Crippen LogP contribution in [0.4, 0.5) is 0 Å². The summed E-state index contributed by atoms with van der Waals surface area (Å²) in [6.45, 7) is 8.73. The standard InChI is InChI=1S/C25H34O6/c1-13(26)19-11-21(30-14(2)27)23-18-7-6-16-10-17(29)8-9-24(16,4)20(18)12-22(25(19,23)5)31-15(3)28/h10,18-23H,6-9,11-12H2,1-5H3/t18-,19-,20+,21?,22?,23-,24+,25+/m1/s1. The molecule has 4 rings (SSSR count). The second kappa shape index (κ2) is 7.56. The third-order valence-electron chi connectivity index (χ3n) is 9.12. The van der Waals surface area contributed by atoms with Gasteiger partial charge in [0.05, 0.1) is 0 Å². The summed E-state index contributed by atoms with van der Waals surface area (Å²) in [6.07, 6.45) is 5.30. The summed E-state index contributed by atoms with van der Waals surface area (Å²) in [6, 6.07) is 0. The van der Waals surface area contributed by atoms with Crippen LogP contribution >= 0.6 is 0 Å². The summed E-state index contributed by atoms with van der Waals surface area (Å²) in [4.78, 5) is 48.9. The van der Waals surface area contributed by atoms with Crippen molar-refractivity contribution >= 4 is 23.5 Å². The Morgan fingerprint density at radius 3 is 2.29 bits per heavy atom. The third kappa shape index (κ3) is 3.37. The minimum absolute atomic E-state index is 0.0515. The maximum Gasteiger partial charge on any atom is 0.302 e. The van der Waals surface area contributed by atoms with Crippen molar-refractivity contribution in [1.29, 1.82) is 0 Å². The number of carbonyl (C=O) groups is 4. The number of ketones is 2. The lowest BCUT2D eigenvalue weighted by atomic mass is 9.45. The third-order valence-corrected chi connectivity index (χ3v) is 9.12. The number of hydrogen-bond donors (Lipinski definition) is 0. The molecule has 0 radical (unpaired) electrons. The first-order valence-electron chi connectivity index (χ1n) is 11.6. The Labute approximate surface area is 184 Å². The molecule has 170 valence electrons. The molecule has 0 aromatic carbocycles. The van der Waals surface area contributed by atoms with E-state index in [2.05, 4.69) is 13.8 Å². The number of allylic oxidation sites excluding steroid dienone is 1. The molecule has 31 heavy (non-hydrogen) atoms. The van der Waals surface area contributed by atoms with Gasteiger partial charge in [-0.25, -0.2) is 0 Å². The Hall–Kier alpha value is -1.98. The second-order valence-corrected chi connectivity index (χ2v) is 10.6. The van der Waals surface area contributed by atoms with E-state index in [4.69, 9.17) is 9.47 Å². The first-order valence-corrected chi connectivity index (χ1v) is 11.6. The van der Waals surface area contributed by atoms with Gasteiger partial charge in [0.15, 0.2) is 5.78 Å². The van der Waals surface area contributed by atoms with Crippen LogP contribution in [0.5, 0.6) is 0 Å². The molecule has 4 aliphatic rings. The fraction of sp³-hybridized carbons (Fsp3) is 0.760. The summed E-state index contributed by atoms with van der Waals surface area (Å²) in [5, 5.41) is 0. The highest BCUT2D eigenvalue weighted by molar-refractivity contribution is 5.91. The molecule has 0 heterocycles. The van der Waals surface area contributed by atoms with E-state index < -0.39 is 11.5 Å². The molecule has 0 aliphatic heterocycles. The molecular formula is C25H34O6. The molecule has 3 saturated carbocycles. The Bertz CT molecular complexity index is 858. The molecular weight excluding hydrogens is 396 g/mol. The van der Waals surface area contributed by atoms with E-state index in [1.54, 1.807) is 6.92 Å². The normalized spacial score (nSPS) is 43.8. The van der Waals surface area contributed by atoms with Gasteiger partial charge in [-0.15, -0.1) is 0 Å². The number of carbonyl (C=O) groups excluding carboxylic acids is 4. The van der Waals surface area contributed by atoms with Crippen LogP contribution < -0.4 is 0 Å². The second-order valence-electron chi connectivity index (χ2n) is 10.6. The molecule has 8 atom stereocenters. The van der Waals surface area contributed by atoms with Gasteiger partial charge in [-0.1, -0.05) is 19.4 Å². The quantitative estimate of drug-likeness (QED) is 0.633. The average molecular weight is 431 g/mol. The highest BCUT2D eigenvalue weighted by atomic mass is 16.6. The zero-order valence-corrected chi connectivity index (χ0v) is 19.2. The topological polar surface area (TPSA) is 86.7 Å². The molecule has 0 aromatic heterocycles. The van der Waals surface area contributed by atoms with Gasteiger partial charge < -0.3 is 9.47 Å². The zero-order chi connectivity index (χ0) is 22.7. The lowest BCUT2D eigenvalue weighted by Gasteiger charge is -2.60. The van der Waals surface area contributed by atoms with E-state index in [0.29, 0.717) is 19.3 Å². The van der Waals surface area contributed by atoms with E-state index in [0.717, 1.165) is 19.3 Å². The predicted octanol–water partition coefficient (Wildman–Crippen LogP) is 3.81. The number of fused-ring (bicyclic) bond motifs is 5. The van der Waals surface area contributed by atoms with Crippen LogP contribution in [0.3, 0.4) is 0 Å². The molecule has 0 amide bonds. The van der Waals surface area contributed by atoms with Gasteiger partial charge in [-0.05, 0) is 62.4 Å². The van der Waals surface area contributed by atoms with Crippen molar-refractivity contribution in [2.75, 3.05) is 0 Å². The van der Waals surface area contributed by atoms with Crippen molar-refractivity contribution in [1.82, 2.24) is 0 Å². The maximum absolute atomic E-state index is 12.7. The van der Waals surface area contributed by atoms with Gasteiger partial charge in [0.25, 0.3) is 0 Å². The molecule has 6 nitrogen and oxygen atoms in total.